The summed E-state index contributed by atoms with van der Waals surface area (Å²) in [5.41, 5.74) is 0.671. The third kappa shape index (κ3) is 3.43. The Morgan fingerprint density at radius 3 is 2.73 bits per heavy atom. The molecule has 5 heteroatoms. The van der Waals surface area contributed by atoms with Crippen LogP contribution in [-0.4, -0.2) is 22.5 Å². The van der Waals surface area contributed by atoms with Crippen LogP contribution in [0.5, 0.6) is 0 Å². The summed E-state index contributed by atoms with van der Waals surface area (Å²) in [6.07, 6.45) is 3.34. The lowest BCUT2D eigenvalue weighted by Gasteiger charge is -2.39. The summed E-state index contributed by atoms with van der Waals surface area (Å²) in [6.45, 7) is 3.80. The second-order valence-corrected chi connectivity index (χ2v) is 6.66. The van der Waals surface area contributed by atoms with Crippen molar-refractivity contribution in [3.8, 4) is 0 Å². The number of halogens is 1. The molecule has 2 unspecified atom stereocenters. The van der Waals surface area contributed by atoms with E-state index < -0.39 is 11.5 Å². The summed E-state index contributed by atoms with van der Waals surface area (Å²) in [5, 5.41) is 13.1. The van der Waals surface area contributed by atoms with Crippen LogP contribution in [0, 0.1) is 12.8 Å². The van der Waals surface area contributed by atoms with E-state index in [0.717, 1.165) is 30.4 Å². The molecule has 22 heavy (non-hydrogen) atoms. The summed E-state index contributed by atoms with van der Waals surface area (Å²) in [5.74, 6) is -1.24. The first-order valence-electron chi connectivity index (χ1n) is 7.64. The van der Waals surface area contributed by atoms with Crippen LogP contribution < -0.4 is 5.32 Å². The number of aliphatic carboxylic acids is 1. The van der Waals surface area contributed by atoms with Crippen LogP contribution in [0.4, 0.5) is 0 Å². The van der Waals surface area contributed by atoms with Gasteiger partial charge in [0, 0.05) is 5.02 Å². The fourth-order valence-electron chi connectivity index (χ4n) is 3.23. The highest BCUT2D eigenvalue weighted by atomic mass is 35.5. The van der Waals surface area contributed by atoms with Crippen molar-refractivity contribution in [2.45, 2.75) is 51.5 Å². The standard InChI is InChI=1S/C17H22ClNO3/c1-11-9-14(18)7-6-13(11)10-15(20)19-17(16(21)22)8-4-3-5-12(17)2/h6-7,9,12H,3-5,8,10H2,1-2H3,(H,19,20)(H,21,22). The van der Waals surface area contributed by atoms with Gasteiger partial charge in [-0.2, -0.15) is 0 Å². The molecule has 0 heterocycles. The minimum Gasteiger partial charge on any atom is -0.479 e. The van der Waals surface area contributed by atoms with Gasteiger partial charge in [0.2, 0.25) is 5.91 Å². The number of carboxylic acid groups (broad SMARTS) is 1. The molecule has 2 rings (SSSR count). The number of benzene rings is 1. The smallest absolute Gasteiger partial charge is 0.329 e. The minimum atomic E-state index is -1.13. The summed E-state index contributed by atoms with van der Waals surface area (Å²) in [6, 6.07) is 5.36. The third-order valence-corrected chi connectivity index (χ3v) is 4.93. The molecule has 0 spiro atoms. The van der Waals surface area contributed by atoms with Gasteiger partial charge in [-0.3, -0.25) is 4.79 Å². The number of hydrogen-bond donors (Lipinski definition) is 2. The number of rotatable bonds is 4. The van der Waals surface area contributed by atoms with Gasteiger partial charge in [-0.15, -0.1) is 0 Å². The second kappa shape index (κ2) is 6.69. The Hall–Kier alpha value is -1.55. The largest absolute Gasteiger partial charge is 0.479 e. The Labute approximate surface area is 135 Å². The van der Waals surface area contributed by atoms with Gasteiger partial charge in [-0.25, -0.2) is 4.79 Å². The van der Waals surface area contributed by atoms with E-state index in [1.165, 1.54) is 0 Å². The molecule has 0 saturated heterocycles. The molecule has 1 amide bonds. The molecule has 0 aliphatic heterocycles. The highest BCUT2D eigenvalue weighted by Crippen LogP contribution is 2.34. The molecule has 2 N–H and O–H groups in total. The van der Waals surface area contributed by atoms with Crippen LogP contribution in [0.2, 0.25) is 5.02 Å². The van der Waals surface area contributed by atoms with Gasteiger partial charge in [-0.05, 0) is 48.9 Å². The van der Waals surface area contributed by atoms with E-state index in [4.69, 9.17) is 11.6 Å². The number of carbonyl (C=O) groups is 2. The van der Waals surface area contributed by atoms with E-state index in [0.29, 0.717) is 11.4 Å². The summed E-state index contributed by atoms with van der Waals surface area (Å²) >= 11 is 5.91. The fraction of sp³-hybridized carbons (Fsp3) is 0.529. The first-order chi connectivity index (χ1) is 10.3. The highest BCUT2D eigenvalue weighted by Gasteiger charge is 2.46. The Kier molecular flexibility index (Phi) is 5.12. The van der Waals surface area contributed by atoms with Crippen molar-refractivity contribution < 1.29 is 14.7 Å². The Bertz CT molecular complexity index is 587. The normalized spacial score (nSPS) is 24.8. The van der Waals surface area contributed by atoms with Crippen LogP contribution in [0.1, 0.15) is 43.7 Å². The summed E-state index contributed by atoms with van der Waals surface area (Å²) in [4.78, 5) is 24.1. The molecule has 0 aromatic heterocycles. The van der Waals surface area contributed by atoms with Crippen molar-refractivity contribution in [3.63, 3.8) is 0 Å². The summed E-state index contributed by atoms with van der Waals surface area (Å²) in [7, 11) is 0. The molecule has 1 aliphatic rings. The topological polar surface area (TPSA) is 66.4 Å². The van der Waals surface area contributed by atoms with Gasteiger partial charge in [-0.1, -0.05) is 37.4 Å². The predicted octanol–water partition coefficient (Wildman–Crippen LogP) is 3.34. The van der Waals surface area contributed by atoms with Crippen LogP contribution in [0.25, 0.3) is 0 Å². The Morgan fingerprint density at radius 1 is 1.41 bits per heavy atom. The highest BCUT2D eigenvalue weighted by molar-refractivity contribution is 6.30. The molecule has 4 nitrogen and oxygen atoms in total. The first-order valence-corrected chi connectivity index (χ1v) is 8.02. The molecule has 2 atom stereocenters. The fourth-order valence-corrected chi connectivity index (χ4v) is 3.45. The maximum atomic E-state index is 12.4. The zero-order valence-corrected chi connectivity index (χ0v) is 13.7. The second-order valence-electron chi connectivity index (χ2n) is 6.22. The number of nitrogens with one attached hydrogen (secondary N) is 1. The van der Waals surface area contributed by atoms with E-state index in [-0.39, 0.29) is 18.2 Å². The molecule has 1 fully saturated rings. The van der Waals surface area contributed by atoms with Crippen LogP contribution in [0.15, 0.2) is 18.2 Å². The lowest BCUT2D eigenvalue weighted by atomic mass is 9.73. The number of amides is 1. The van der Waals surface area contributed by atoms with Gasteiger partial charge in [0.15, 0.2) is 0 Å². The van der Waals surface area contributed by atoms with Crippen molar-refractivity contribution >= 4 is 23.5 Å². The van der Waals surface area contributed by atoms with Gasteiger partial charge >= 0.3 is 5.97 Å². The number of hydrogen-bond acceptors (Lipinski definition) is 2. The van der Waals surface area contributed by atoms with Gasteiger partial charge < -0.3 is 10.4 Å². The predicted molar refractivity (Wildman–Crippen MR) is 86.0 cm³/mol. The number of aryl methyl sites for hydroxylation is 1. The molecule has 1 saturated carbocycles. The van der Waals surface area contributed by atoms with Gasteiger partial charge in [0.05, 0.1) is 6.42 Å². The molecule has 0 radical (unpaired) electrons. The van der Waals surface area contributed by atoms with Gasteiger partial charge in [0.1, 0.15) is 5.54 Å². The average Bonchev–Trinajstić information content (AvgIpc) is 2.44. The zero-order chi connectivity index (χ0) is 16.3. The molecule has 1 aromatic rings. The molecular formula is C17H22ClNO3. The van der Waals surface area contributed by atoms with Crippen molar-refractivity contribution in [1.29, 1.82) is 0 Å². The maximum absolute atomic E-state index is 12.4. The lowest BCUT2D eigenvalue weighted by Crippen LogP contribution is -2.60. The van der Waals surface area contributed by atoms with E-state index in [2.05, 4.69) is 5.32 Å². The molecule has 1 aromatic carbocycles. The maximum Gasteiger partial charge on any atom is 0.329 e. The first kappa shape index (κ1) is 16.8. The molecule has 0 bridgehead atoms. The van der Waals surface area contributed by atoms with E-state index in [1.54, 1.807) is 12.1 Å². The number of carbonyl (C=O) groups excluding carboxylic acids is 1. The summed E-state index contributed by atoms with van der Waals surface area (Å²) < 4.78 is 0. The quantitative estimate of drug-likeness (QED) is 0.893. The van der Waals surface area contributed by atoms with Crippen molar-refractivity contribution in [3.05, 3.63) is 34.3 Å². The van der Waals surface area contributed by atoms with E-state index >= 15 is 0 Å². The molecular weight excluding hydrogens is 302 g/mol. The van der Waals surface area contributed by atoms with E-state index in [9.17, 15) is 14.7 Å². The van der Waals surface area contributed by atoms with Crippen molar-refractivity contribution in [2.24, 2.45) is 5.92 Å². The SMILES string of the molecule is Cc1cc(Cl)ccc1CC(=O)NC1(C(=O)O)CCCCC1C. The van der Waals surface area contributed by atoms with E-state index in [1.807, 2.05) is 19.9 Å². The van der Waals surface area contributed by atoms with Gasteiger partial charge in [0.25, 0.3) is 0 Å². The lowest BCUT2D eigenvalue weighted by molar-refractivity contribution is -0.151. The monoisotopic (exact) mass is 323 g/mol. The third-order valence-electron chi connectivity index (χ3n) is 4.70. The van der Waals surface area contributed by atoms with Crippen molar-refractivity contribution in [2.75, 3.05) is 0 Å². The van der Waals surface area contributed by atoms with Crippen molar-refractivity contribution in [1.82, 2.24) is 5.32 Å². The van der Waals surface area contributed by atoms with Crippen LogP contribution in [0.3, 0.4) is 0 Å². The Morgan fingerprint density at radius 2 is 2.14 bits per heavy atom. The van der Waals surface area contributed by atoms with Crippen LogP contribution in [-0.2, 0) is 16.0 Å². The Balaban J connectivity index is 2.13. The molecule has 120 valence electrons. The average molecular weight is 324 g/mol. The minimum absolute atomic E-state index is 0.0611. The zero-order valence-electron chi connectivity index (χ0n) is 13.0. The van der Waals surface area contributed by atoms with Crippen LogP contribution >= 0.6 is 11.6 Å². The number of carboxylic acids is 1. The molecule has 1 aliphatic carbocycles.